The first-order valence-electron chi connectivity index (χ1n) is 6.41. The van der Waals surface area contributed by atoms with Crippen molar-refractivity contribution >= 4 is 17.3 Å². The molecule has 3 nitrogen and oxygen atoms in total. The van der Waals surface area contributed by atoms with Crippen LogP contribution in [0.25, 0.3) is 0 Å². The fourth-order valence-electron chi connectivity index (χ4n) is 1.78. The zero-order chi connectivity index (χ0) is 13.7. The van der Waals surface area contributed by atoms with Gasteiger partial charge >= 0.3 is 0 Å². The van der Waals surface area contributed by atoms with Gasteiger partial charge in [-0.2, -0.15) is 0 Å². The lowest BCUT2D eigenvalue weighted by atomic mass is 10.3. The van der Waals surface area contributed by atoms with E-state index in [1.165, 1.54) is 12.1 Å². The molecule has 0 bridgehead atoms. The van der Waals surface area contributed by atoms with Crippen molar-refractivity contribution in [3.8, 4) is 0 Å². The predicted octanol–water partition coefficient (Wildman–Crippen LogP) is 3.81. The van der Waals surface area contributed by atoms with Crippen LogP contribution in [-0.2, 0) is 0 Å². The molecule has 19 heavy (non-hydrogen) atoms. The van der Waals surface area contributed by atoms with Crippen LogP contribution in [0.2, 0.25) is 0 Å². The van der Waals surface area contributed by atoms with Crippen molar-refractivity contribution in [1.82, 2.24) is 4.98 Å². The maximum absolute atomic E-state index is 13.2. The second-order valence-corrected chi connectivity index (χ2v) is 4.35. The molecule has 0 saturated carbocycles. The predicted molar refractivity (Wildman–Crippen MR) is 77.5 cm³/mol. The molecule has 0 aliphatic carbocycles. The van der Waals surface area contributed by atoms with E-state index in [0.29, 0.717) is 0 Å². The molecular formula is C15H18FN3. The molecule has 2 rings (SSSR count). The summed E-state index contributed by atoms with van der Waals surface area (Å²) in [5.74, 6) is 1.37. The molecular weight excluding hydrogens is 241 g/mol. The summed E-state index contributed by atoms with van der Waals surface area (Å²) in [6.45, 7) is 3.00. The van der Waals surface area contributed by atoms with Crippen LogP contribution in [0.1, 0.15) is 13.3 Å². The van der Waals surface area contributed by atoms with Crippen LogP contribution in [0, 0.1) is 5.82 Å². The third kappa shape index (κ3) is 3.44. The van der Waals surface area contributed by atoms with E-state index >= 15 is 0 Å². The van der Waals surface area contributed by atoms with E-state index in [2.05, 4.69) is 17.2 Å². The molecule has 1 N–H and O–H groups in total. The number of pyridine rings is 1. The largest absolute Gasteiger partial charge is 0.370 e. The van der Waals surface area contributed by atoms with Crippen molar-refractivity contribution < 1.29 is 4.39 Å². The quantitative estimate of drug-likeness (QED) is 0.885. The van der Waals surface area contributed by atoms with Gasteiger partial charge in [0, 0.05) is 19.3 Å². The number of hydrogen-bond donors (Lipinski definition) is 1. The summed E-state index contributed by atoms with van der Waals surface area (Å²) >= 11 is 0. The van der Waals surface area contributed by atoms with Crippen LogP contribution in [0.15, 0.2) is 42.5 Å². The Kier molecular flexibility index (Phi) is 4.34. The average molecular weight is 259 g/mol. The van der Waals surface area contributed by atoms with Crippen molar-refractivity contribution in [1.29, 1.82) is 0 Å². The highest BCUT2D eigenvalue weighted by molar-refractivity contribution is 5.60. The van der Waals surface area contributed by atoms with Crippen LogP contribution >= 0.6 is 0 Å². The number of benzene rings is 1. The molecule has 0 radical (unpaired) electrons. The number of hydrogen-bond acceptors (Lipinski definition) is 3. The first-order chi connectivity index (χ1) is 9.20. The van der Waals surface area contributed by atoms with Crippen molar-refractivity contribution in [2.24, 2.45) is 0 Å². The molecule has 0 aliphatic rings. The monoisotopic (exact) mass is 259 g/mol. The molecule has 4 heteroatoms. The lowest BCUT2D eigenvalue weighted by Gasteiger charge is -2.19. The molecule has 0 atom stereocenters. The maximum Gasteiger partial charge on any atom is 0.135 e. The average Bonchev–Trinajstić information content (AvgIpc) is 2.44. The summed E-state index contributed by atoms with van der Waals surface area (Å²) in [6, 6.07) is 12.3. The Bertz CT molecular complexity index is 542. The Morgan fingerprint density at radius 3 is 2.74 bits per heavy atom. The molecule has 2 aromatic rings. The van der Waals surface area contributed by atoms with Gasteiger partial charge in [-0.3, -0.25) is 0 Å². The highest BCUT2D eigenvalue weighted by Gasteiger charge is 2.06. The number of nitrogens with zero attached hydrogens (tertiary/aromatic N) is 2. The van der Waals surface area contributed by atoms with Gasteiger partial charge in [0.1, 0.15) is 17.5 Å². The molecule has 0 unspecified atom stereocenters. The van der Waals surface area contributed by atoms with Crippen molar-refractivity contribution in [3.63, 3.8) is 0 Å². The molecule has 100 valence electrons. The molecule has 1 aromatic carbocycles. The number of nitrogens with one attached hydrogen (secondary N) is 1. The standard InChI is InChI=1S/C15H18FN3/c1-3-10-17-14-8-5-9-15(18-14)19(2)13-7-4-6-12(16)11-13/h4-9,11H,3,10H2,1-2H3,(H,17,18). The van der Waals surface area contributed by atoms with Crippen molar-refractivity contribution in [3.05, 3.63) is 48.3 Å². The summed E-state index contributed by atoms with van der Waals surface area (Å²) in [6.07, 6.45) is 1.05. The fraction of sp³-hybridized carbons (Fsp3) is 0.267. The van der Waals surface area contributed by atoms with Crippen LogP contribution in [0.3, 0.4) is 0 Å². The van der Waals surface area contributed by atoms with Crippen LogP contribution < -0.4 is 10.2 Å². The van der Waals surface area contributed by atoms with E-state index < -0.39 is 0 Å². The lowest BCUT2D eigenvalue weighted by Crippen LogP contribution is -2.12. The second kappa shape index (κ2) is 6.18. The van der Waals surface area contributed by atoms with E-state index in [-0.39, 0.29) is 5.82 Å². The van der Waals surface area contributed by atoms with Gasteiger partial charge in [-0.15, -0.1) is 0 Å². The summed E-state index contributed by atoms with van der Waals surface area (Å²) in [5, 5.41) is 3.24. The highest BCUT2D eigenvalue weighted by atomic mass is 19.1. The minimum absolute atomic E-state index is 0.246. The molecule has 0 fully saturated rings. The van der Waals surface area contributed by atoms with E-state index in [0.717, 1.165) is 30.3 Å². The van der Waals surface area contributed by atoms with Gasteiger partial charge in [-0.05, 0) is 36.8 Å². The van der Waals surface area contributed by atoms with Gasteiger partial charge in [0.25, 0.3) is 0 Å². The first kappa shape index (κ1) is 13.3. The number of halogens is 1. The SMILES string of the molecule is CCCNc1cccc(N(C)c2cccc(F)c2)n1. The molecule has 0 spiro atoms. The van der Waals surface area contributed by atoms with E-state index in [4.69, 9.17) is 0 Å². The van der Waals surface area contributed by atoms with Gasteiger partial charge < -0.3 is 10.2 Å². The van der Waals surface area contributed by atoms with Crippen molar-refractivity contribution in [2.75, 3.05) is 23.8 Å². The summed E-state index contributed by atoms with van der Waals surface area (Å²) in [4.78, 5) is 6.37. The summed E-state index contributed by atoms with van der Waals surface area (Å²) in [7, 11) is 1.88. The van der Waals surface area contributed by atoms with Crippen molar-refractivity contribution in [2.45, 2.75) is 13.3 Å². The molecule has 1 aromatic heterocycles. The van der Waals surface area contributed by atoms with E-state index in [1.54, 1.807) is 6.07 Å². The van der Waals surface area contributed by atoms with E-state index in [9.17, 15) is 4.39 Å². The second-order valence-electron chi connectivity index (χ2n) is 4.35. The molecule has 0 saturated heterocycles. The number of anilines is 3. The highest BCUT2D eigenvalue weighted by Crippen LogP contribution is 2.23. The minimum Gasteiger partial charge on any atom is -0.370 e. The topological polar surface area (TPSA) is 28.2 Å². The number of aromatic nitrogens is 1. The first-order valence-corrected chi connectivity index (χ1v) is 6.41. The van der Waals surface area contributed by atoms with Gasteiger partial charge in [0.05, 0.1) is 0 Å². The summed E-state index contributed by atoms with van der Waals surface area (Å²) < 4.78 is 13.2. The smallest absolute Gasteiger partial charge is 0.135 e. The van der Waals surface area contributed by atoms with Crippen LogP contribution in [-0.4, -0.2) is 18.6 Å². The normalized spacial score (nSPS) is 10.3. The van der Waals surface area contributed by atoms with Gasteiger partial charge in [0.15, 0.2) is 0 Å². The number of rotatable bonds is 5. The van der Waals surface area contributed by atoms with Crippen LogP contribution in [0.5, 0.6) is 0 Å². The third-order valence-electron chi connectivity index (χ3n) is 2.83. The Morgan fingerprint density at radius 2 is 2.00 bits per heavy atom. The zero-order valence-corrected chi connectivity index (χ0v) is 11.2. The Hall–Kier alpha value is -2.10. The van der Waals surface area contributed by atoms with E-state index in [1.807, 2.05) is 36.2 Å². The summed E-state index contributed by atoms with van der Waals surface area (Å²) in [5.41, 5.74) is 0.778. The van der Waals surface area contributed by atoms with Gasteiger partial charge in [0.2, 0.25) is 0 Å². The minimum atomic E-state index is -0.246. The third-order valence-corrected chi connectivity index (χ3v) is 2.83. The van der Waals surface area contributed by atoms with Gasteiger partial charge in [-0.1, -0.05) is 19.1 Å². The Labute approximate surface area is 113 Å². The Balaban J connectivity index is 2.21. The van der Waals surface area contributed by atoms with Gasteiger partial charge in [-0.25, -0.2) is 9.37 Å². The zero-order valence-electron chi connectivity index (χ0n) is 11.2. The fourth-order valence-corrected chi connectivity index (χ4v) is 1.78. The maximum atomic E-state index is 13.2. The lowest BCUT2D eigenvalue weighted by molar-refractivity contribution is 0.628. The molecule has 0 aliphatic heterocycles. The molecule has 0 amide bonds. The Morgan fingerprint density at radius 1 is 1.21 bits per heavy atom. The molecule has 1 heterocycles. The van der Waals surface area contributed by atoms with Crippen LogP contribution in [0.4, 0.5) is 21.7 Å².